The van der Waals surface area contributed by atoms with Gasteiger partial charge in [0, 0.05) is 21.8 Å². The normalized spacial score (nSPS) is 12.3. The Balaban J connectivity index is 1.60. The summed E-state index contributed by atoms with van der Waals surface area (Å²) in [6.45, 7) is 0. The maximum absolute atomic E-state index is 13.0. The quantitative estimate of drug-likeness (QED) is 0.266. The average Bonchev–Trinajstić information content (AvgIpc) is 3.24. The van der Waals surface area contributed by atoms with E-state index >= 15 is 0 Å². The highest BCUT2D eigenvalue weighted by Crippen LogP contribution is 2.26. The number of hydrogen-bond donors (Lipinski definition) is 4. The number of rotatable bonds is 8. The summed E-state index contributed by atoms with van der Waals surface area (Å²) in [6, 6.07) is 20.8. The summed E-state index contributed by atoms with van der Waals surface area (Å²) in [6.07, 6.45) is 0.0779. The van der Waals surface area contributed by atoms with Crippen LogP contribution in [0.1, 0.15) is 15.9 Å². The lowest BCUT2D eigenvalue weighted by Gasteiger charge is -2.17. The van der Waals surface area contributed by atoms with Crippen molar-refractivity contribution in [3.63, 3.8) is 0 Å². The van der Waals surface area contributed by atoms with Gasteiger partial charge in [-0.15, -0.1) is 0 Å². The van der Waals surface area contributed by atoms with E-state index in [0.29, 0.717) is 9.99 Å². The van der Waals surface area contributed by atoms with Crippen LogP contribution in [0.15, 0.2) is 88.4 Å². The van der Waals surface area contributed by atoms with Crippen LogP contribution >= 0.6 is 15.9 Å². The molecule has 8 nitrogen and oxygen atoms in total. The van der Waals surface area contributed by atoms with Crippen molar-refractivity contribution in [3.05, 3.63) is 94.5 Å². The van der Waals surface area contributed by atoms with Crippen LogP contribution in [0.25, 0.3) is 10.9 Å². The Labute approximate surface area is 204 Å². The number of halogens is 1. The molecule has 0 saturated carbocycles. The van der Waals surface area contributed by atoms with Gasteiger partial charge in [0.05, 0.1) is 11.3 Å². The fourth-order valence-corrected chi connectivity index (χ4v) is 4.93. The van der Waals surface area contributed by atoms with E-state index in [1.165, 1.54) is 18.2 Å². The van der Waals surface area contributed by atoms with Gasteiger partial charge in [-0.25, -0.2) is 4.79 Å². The van der Waals surface area contributed by atoms with Crippen molar-refractivity contribution in [2.75, 3.05) is 4.72 Å². The lowest BCUT2D eigenvalue weighted by Crippen LogP contribution is -2.42. The zero-order valence-corrected chi connectivity index (χ0v) is 20.1. The third-order valence-electron chi connectivity index (χ3n) is 5.15. The number of sulfonamides is 1. The lowest BCUT2D eigenvalue weighted by atomic mass is 10.1. The topological polar surface area (TPSA) is 128 Å². The number of H-pyrrole nitrogens is 1. The number of hydrogen-bond acceptors (Lipinski definition) is 4. The number of anilines is 1. The molecule has 0 bridgehead atoms. The van der Waals surface area contributed by atoms with Crippen LogP contribution in [-0.4, -0.2) is 36.4 Å². The summed E-state index contributed by atoms with van der Waals surface area (Å²) >= 11 is 3.29. The van der Waals surface area contributed by atoms with E-state index in [9.17, 15) is 23.1 Å². The molecule has 0 radical (unpaired) electrons. The van der Waals surface area contributed by atoms with E-state index in [4.69, 9.17) is 0 Å². The first-order valence-corrected chi connectivity index (χ1v) is 12.5. The van der Waals surface area contributed by atoms with Crippen LogP contribution in [0.2, 0.25) is 0 Å². The summed E-state index contributed by atoms with van der Waals surface area (Å²) in [7, 11) is -4.06. The van der Waals surface area contributed by atoms with Crippen LogP contribution in [0.5, 0.6) is 0 Å². The molecule has 0 unspecified atom stereocenters. The smallest absolute Gasteiger partial charge is 0.326 e. The number of aromatic nitrogens is 1. The number of nitrogens with one attached hydrogen (secondary N) is 3. The van der Waals surface area contributed by atoms with E-state index in [2.05, 4.69) is 31.0 Å². The highest BCUT2D eigenvalue weighted by molar-refractivity contribution is 9.10. The minimum Gasteiger partial charge on any atom is -0.480 e. The van der Waals surface area contributed by atoms with E-state index < -0.39 is 27.9 Å². The number of benzene rings is 3. The van der Waals surface area contributed by atoms with Crippen molar-refractivity contribution >= 4 is 54.4 Å². The number of carbonyl (C=O) groups is 2. The summed E-state index contributed by atoms with van der Waals surface area (Å²) < 4.78 is 29.1. The summed E-state index contributed by atoms with van der Waals surface area (Å²) in [5.74, 6) is -1.92. The molecule has 0 saturated heterocycles. The van der Waals surface area contributed by atoms with E-state index in [0.717, 1.165) is 10.9 Å². The van der Waals surface area contributed by atoms with Gasteiger partial charge in [-0.3, -0.25) is 9.52 Å². The number of carboxylic acid groups (broad SMARTS) is 1. The highest BCUT2D eigenvalue weighted by atomic mass is 79.9. The van der Waals surface area contributed by atoms with Gasteiger partial charge in [0.2, 0.25) is 0 Å². The van der Waals surface area contributed by atoms with Crippen LogP contribution < -0.4 is 10.0 Å². The SMILES string of the molecule is O=C(N[C@@H](Cc1ccccc1)C(=O)O)c1ccc(Br)cc1NS(=O)(=O)c1cc2ccccc2[nH]1. The Morgan fingerprint density at radius 2 is 1.68 bits per heavy atom. The van der Waals surface area contributed by atoms with E-state index in [-0.39, 0.29) is 22.7 Å². The van der Waals surface area contributed by atoms with Gasteiger partial charge in [0.1, 0.15) is 6.04 Å². The van der Waals surface area contributed by atoms with Gasteiger partial charge in [0.15, 0.2) is 5.03 Å². The van der Waals surface area contributed by atoms with Crippen molar-refractivity contribution in [2.45, 2.75) is 17.5 Å². The predicted molar refractivity (Wildman–Crippen MR) is 132 cm³/mol. The minimum absolute atomic E-state index is 0.00869. The molecule has 4 rings (SSSR count). The monoisotopic (exact) mass is 541 g/mol. The molecule has 10 heteroatoms. The maximum Gasteiger partial charge on any atom is 0.326 e. The fourth-order valence-electron chi connectivity index (χ4n) is 3.48. The summed E-state index contributed by atoms with van der Waals surface area (Å²) in [5, 5.41) is 12.8. The second-order valence-electron chi connectivity index (χ2n) is 7.57. The van der Waals surface area contributed by atoms with Gasteiger partial charge < -0.3 is 15.4 Å². The van der Waals surface area contributed by atoms with Gasteiger partial charge in [-0.1, -0.05) is 64.5 Å². The Morgan fingerprint density at radius 1 is 0.971 bits per heavy atom. The number of fused-ring (bicyclic) bond motifs is 1. The predicted octanol–water partition coefficient (Wildman–Crippen LogP) is 4.16. The molecule has 0 aliphatic carbocycles. The number of para-hydroxylation sites is 1. The Hall–Kier alpha value is -3.63. The first-order valence-electron chi connectivity index (χ1n) is 10.2. The molecule has 0 fully saturated rings. The number of amides is 1. The van der Waals surface area contributed by atoms with E-state index in [1.807, 2.05) is 6.07 Å². The maximum atomic E-state index is 13.0. The second-order valence-corrected chi connectivity index (χ2v) is 10.1. The molecule has 4 aromatic rings. The molecule has 1 atom stereocenters. The molecule has 4 N–H and O–H groups in total. The Bertz CT molecular complexity index is 1440. The lowest BCUT2D eigenvalue weighted by molar-refractivity contribution is -0.139. The summed E-state index contributed by atoms with van der Waals surface area (Å²) in [5.41, 5.74) is 1.39. The van der Waals surface area contributed by atoms with Gasteiger partial charge >= 0.3 is 5.97 Å². The molecular weight excluding hydrogens is 522 g/mol. The second kappa shape index (κ2) is 9.70. The van der Waals surface area contributed by atoms with Gasteiger partial charge in [-0.05, 0) is 35.9 Å². The van der Waals surface area contributed by atoms with Crippen molar-refractivity contribution in [2.24, 2.45) is 0 Å². The molecular formula is C24H20BrN3O5S. The van der Waals surface area contributed by atoms with Crippen LogP contribution in [-0.2, 0) is 21.2 Å². The van der Waals surface area contributed by atoms with Crippen LogP contribution in [0.3, 0.4) is 0 Å². The fraction of sp³-hybridized carbons (Fsp3) is 0.0833. The largest absolute Gasteiger partial charge is 0.480 e. The van der Waals surface area contributed by atoms with Crippen LogP contribution in [0, 0.1) is 0 Å². The third kappa shape index (κ3) is 5.29. The molecule has 0 aliphatic rings. The zero-order valence-electron chi connectivity index (χ0n) is 17.7. The zero-order chi connectivity index (χ0) is 24.3. The standard InChI is InChI=1S/C24H20BrN3O5S/c25-17-10-11-18(23(29)27-21(24(30)31)12-15-6-2-1-3-7-15)20(14-17)28-34(32,33)22-13-16-8-4-5-9-19(16)26-22/h1-11,13-14,21,26,28H,12H2,(H,27,29)(H,30,31)/t21-/m0/s1. The molecule has 1 aromatic heterocycles. The third-order valence-corrected chi connectivity index (χ3v) is 6.93. The van der Waals surface area contributed by atoms with Crippen molar-refractivity contribution < 1.29 is 23.1 Å². The number of aromatic amines is 1. The molecule has 1 heterocycles. The number of carboxylic acids is 1. The minimum atomic E-state index is -4.06. The molecule has 1 amide bonds. The van der Waals surface area contributed by atoms with E-state index in [1.54, 1.807) is 54.6 Å². The average molecular weight is 542 g/mol. The number of carbonyl (C=O) groups excluding carboxylic acids is 1. The molecule has 174 valence electrons. The van der Waals surface area contributed by atoms with Crippen molar-refractivity contribution in [1.29, 1.82) is 0 Å². The van der Waals surface area contributed by atoms with Crippen LogP contribution in [0.4, 0.5) is 5.69 Å². The Kier molecular flexibility index (Phi) is 6.71. The Morgan fingerprint density at radius 3 is 2.38 bits per heavy atom. The molecule has 0 aliphatic heterocycles. The van der Waals surface area contributed by atoms with Crippen molar-refractivity contribution in [1.82, 2.24) is 10.3 Å². The molecule has 0 spiro atoms. The summed E-state index contributed by atoms with van der Waals surface area (Å²) in [4.78, 5) is 27.6. The van der Waals surface area contributed by atoms with Gasteiger partial charge in [-0.2, -0.15) is 8.42 Å². The molecule has 3 aromatic carbocycles. The van der Waals surface area contributed by atoms with Gasteiger partial charge in [0.25, 0.3) is 15.9 Å². The first kappa shape index (κ1) is 23.5. The first-order chi connectivity index (χ1) is 16.2. The highest BCUT2D eigenvalue weighted by Gasteiger charge is 2.25. The molecule has 34 heavy (non-hydrogen) atoms. The number of aliphatic carboxylic acids is 1. The van der Waals surface area contributed by atoms with Crippen molar-refractivity contribution in [3.8, 4) is 0 Å².